The molecule has 5 nitrogen and oxygen atoms in total. The van der Waals surface area contributed by atoms with E-state index in [2.05, 4.69) is 0 Å². The van der Waals surface area contributed by atoms with Gasteiger partial charge in [-0.2, -0.15) is 10.5 Å². The highest BCUT2D eigenvalue weighted by Crippen LogP contribution is 2.22. The van der Waals surface area contributed by atoms with Gasteiger partial charge in [-0.05, 0) is 18.6 Å². The van der Waals surface area contributed by atoms with Crippen LogP contribution in [0.25, 0.3) is 16.7 Å². The predicted molar refractivity (Wildman–Crippen MR) is 69.1 cm³/mol. The summed E-state index contributed by atoms with van der Waals surface area (Å²) in [5.74, 6) is 0. The number of fused-ring (bicyclic) bond motifs is 1. The van der Waals surface area contributed by atoms with Crippen LogP contribution in [0.2, 0.25) is 0 Å². The van der Waals surface area contributed by atoms with Crippen LogP contribution in [0, 0.1) is 35.0 Å². The van der Waals surface area contributed by atoms with Crippen LogP contribution in [0.5, 0.6) is 0 Å². The molecule has 1 aromatic carbocycles. The van der Waals surface area contributed by atoms with Gasteiger partial charge in [0.2, 0.25) is 5.55 Å². The molecule has 0 atom stereocenters. The van der Waals surface area contributed by atoms with Gasteiger partial charge in [-0.25, -0.2) is 0 Å². The van der Waals surface area contributed by atoms with Crippen LogP contribution in [-0.2, 0) is 0 Å². The van der Waals surface area contributed by atoms with E-state index in [1.54, 1.807) is 31.2 Å². The number of nitrogens with two attached hydrogens (primary N) is 1. The molecule has 0 unspecified atom stereocenters. The first-order valence-corrected chi connectivity index (χ1v) is 5.47. The number of nitrogens with zero attached hydrogens (tertiary/aromatic N) is 2. The van der Waals surface area contributed by atoms with Gasteiger partial charge in [0.15, 0.2) is 5.57 Å². The summed E-state index contributed by atoms with van der Waals surface area (Å²) in [7, 11) is 0. The average molecular weight is 250 g/mol. The normalized spacial score (nSPS) is 9.63. The molecule has 92 valence electrons. The number of rotatable bonds is 1. The number of benzene rings is 1. The van der Waals surface area contributed by atoms with E-state index in [0.29, 0.717) is 11.1 Å². The largest absolute Gasteiger partial charge is 0.438 e. The molecule has 0 aliphatic rings. The van der Waals surface area contributed by atoms with E-state index in [0.717, 1.165) is 5.39 Å². The maximum absolute atomic E-state index is 8.85. The lowest BCUT2D eigenvalue weighted by Gasteiger charge is -2.08. The van der Waals surface area contributed by atoms with Gasteiger partial charge in [-0.15, -0.1) is 0 Å². The monoisotopic (exact) mass is 250 g/mol. The third-order valence-electron chi connectivity index (χ3n) is 2.87. The quantitative estimate of drug-likeness (QED) is 0.753. The second-order valence-corrected chi connectivity index (χ2v) is 3.94. The van der Waals surface area contributed by atoms with E-state index >= 15 is 0 Å². The highest BCUT2D eigenvalue weighted by molar-refractivity contribution is 5.86. The van der Waals surface area contributed by atoms with Crippen molar-refractivity contribution in [1.29, 1.82) is 15.9 Å². The summed E-state index contributed by atoms with van der Waals surface area (Å²) in [6.07, 6.45) is 0. The zero-order valence-corrected chi connectivity index (χ0v) is 10.2. The number of nitrogens with one attached hydrogen (secondary N) is 1. The summed E-state index contributed by atoms with van der Waals surface area (Å²) in [6.45, 7) is 1.78. The Morgan fingerprint density at radius 3 is 2.53 bits per heavy atom. The first-order valence-electron chi connectivity index (χ1n) is 5.47. The molecule has 0 aliphatic heterocycles. The van der Waals surface area contributed by atoms with E-state index < -0.39 is 0 Å². The van der Waals surface area contributed by atoms with E-state index in [1.807, 2.05) is 12.1 Å². The average Bonchev–Trinajstić information content (AvgIpc) is 2.40. The standard InChI is InChI=1S/C14H10N4O/c1-8-10-4-2-3-5-11(10)19-14(18)12(8)13(17)9(6-15)7-16/h2-5,18H,17H2,1H3. The van der Waals surface area contributed by atoms with Gasteiger partial charge in [0.25, 0.3) is 0 Å². The van der Waals surface area contributed by atoms with Crippen LogP contribution in [0.1, 0.15) is 11.1 Å². The van der Waals surface area contributed by atoms with Crippen molar-refractivity contribution in [3.63, 3.8) is 0 Å². The van der Waals surface area contributed by atoms with Crippen LogP contribution in [0.15, 0.2) is 34.3 Å². The first-order chi connectivity index (χ1) is 9.10. The highest BCUT2D eigenvalue weighted by Gasteiger charge is 2.14. The molecule has 5 heteroatoms. The van der Waals surface area contributed by atoms with Crippen molar-refractivity contribution in [2.75, 3.05) is 0 Å². The van der Waals surface area contributed by atoms with Crippen molar-refractivity contribution in [1.82, 2.24) is 0 Å². The maximum Gasteiger partial charge on any atom is 0.221 e. The third kappa shape index (κ3) is 1.94. The van der Waals surface area contributed by atoms with E-state index in [9.17, 15) is 0 Å². The minimum absolute atomic E-state index is 0.0259. The Morgan fingerprint density at radius 1 is 1.26 bits per heavy atom. The molecule has 2 aromatic rings. The SMILES string of the molecule is Cc1c(C(N)=C(C#N)C#N)c(=N)oc2ccccc12. The van der Waals surface area contributed by atoms with Gasteiger partial charge in [0.1, 0.15) is 17.7 Å². The summed E-state index contributed by atoms with van der Waals surface area (Å²) >= 11 is 0. The first kappa shape index (κ1) is 12.4. The second kappa shape index (κ2) is 4.67. The lowest BCUT2D eigenvalue weighted by molar-refractivity contribution is 0.529. The number of aryl methyl sites for hydroxylation is 1. The fraction of sp³-hybridized carbons (Fsp3) is 0.0714. The van der Waals surface area contributed by atoms with Crippen LogP contribution in [0.3, 0.4) is 0 Å². The molecule has 0 saturated heterocycles. The van der Waals surface area contributed by atoms with Gasteiger partial charge in [-0.1, -0.05) is 18.2 Å². The number of hydrogen-bond acceptors (Lipinski definition) is 5. The molecule has 0 fully saturated rings. The van der Waals surface area contributed by atoms with Gasteiger partial charge >= 0.3 is 0 Å². The van der Waals surface area contributed by atoms with Gasteiger partial charge in [-0.3, -0.25) is 5.41 Å². The maximum atomic E-state index is 8.85. The third-order valence-corrected chi connectivity index (χ3v) is 2.87. The minimum atomic E-state index is -0.220. The lowest BCUT2D eigenvalue weighted by Crippen LogP contribution is -2.15. The Balaban J connectivity index is 2.92. The Bertz CT molecular complexity index is 815. The van der Waals surface area contributed by atoms with Crippen molar-refractivity contribution >= 4 is 16.7 Å². The van der Waals surface area contributed by atoms with Gasteiger partial charge in [0.05, 0.1) is 11.3 Å². The van der Waals surface area contributed by atoms with Crippen LogP contribution in [0.4, 0.5) is 0 Å². The van der Waals surface area contributed by atoms with Gasteiger partial charge in [0, 0.05) is 5.39 Å². The Morgan fingerprint density at radius 2 is 1.89 bits per heavy atom. The van der Waals surface area contributed by atoms with Crippen molar-refractivity contribution in [3.8, 4) is 12.1 Å². The van der Waals surface area contributed by atoms with Crippen molar-refractivity contribution in [2.24, 2.45) is 5.73 Å². The van der Waals surface area contributed by atoms with Crippen molar-refractivity contribution < 1.29 is 4.42 Å². The molecule has 3 N–H and O–H groups in total. The Kier molecular flexibility index (Phi) is 3.05. The molecule has 0 radical (unpaired) electrons. The summed E-state index contributed by atoms with van der Waals surface area (Å²) < 4.78 is 5.37. The van der Waals surface area contributed by atoms with E-state index in [1.165, 1.54) is 0 Å². The van der Waals surface area contributed by atoms with Gasteiger partial charge < -0.3 is 10.2 Å². The minimum Gasteiger partial charge on any atom is -0.438 e. The number of para-hydroxylation sites is 1. The summed E-state index contributed by atoms with van der Waals surface area (Å²) in [6, 6.07) is 10.7. The molecular formula is C14H10N4O. The van der Waals surface area contributed by atoms with E-state index in [4.69, 9.17) is 26.1 Å². The zero-order valence-electron chi connectivity index (χ0n) is 10.2. The molecular weight excluding hydrogens is 240 g/mol. The molecule has 1 heterocycles. The molecule has 19 heavy (non-hydrogen) atoms. The molecule has 0 bridgehead atoms. The molecule has 0 amide bonds. The zero-order chi connectivity index (χ0) is 14.0. The topological polar surface area (TPSA) is 111 Å². The predicted octanol–water partition coefficient (Wildman–Crippen LogP) is 1.94. The summed E-state index contributed by atoms with van der Waals surface area (Å²) in [4.78, 5) is 0. The number of hydrogen-bond donors (Lipinski definition) is 2. The van der Waals surface area contributed by atoms with Crippen molar-refractivity contribution in [2.45, 2.75) is 6.92 Å². The lowest BCUT2D eigenvalue weighted by atomic mass is 10.0. The molecule has 0 spiro atoms. The highest BCUT2D eigenvalue weighted by atomic mass is 16.3. The molecule has 2 rings (SSSR count). The Hall–Kier alpha value is -3.05. The summed E-state index contributed by atoms with van der Waals surface area (Å²) in [5.41, 5.74) is 6.98. The fourth-order valence-corrected chi connectivity index (χ4v) is 1.93. The molecule has 1 aromatic heterocycles. The molecule has 0 saturated carbocycles. The van der Waals surface area contributed by atoms with Crippen LogP contribution >= 0.6 is 0 Å². The second-order valence-electron chi connectivity index (χ2n) is 3.94. The number of nitriles is 2. The summed E-state index contributed by atoms with van der Waals surface area (Å²) in [5, 5.41) is 26.4. The van der Waals surface area contributed by atoms with E-state index in [-0.39, 0.29) is 22.4 Å². The smallest absolute Gasteiger partial charge is 0.221 e. The Labute approximate surface area is 109 Å². The fourth-order valence-electron chi connectivity index (χ4n) is 1.93. The van der Waals surface area contributed by atoms with Crippen molar-refractivity contribution in [3.05, 3.63) is 46.5 Å². The van der Waals surface area contributed by atoms with Crippen LogP contribution < -0.4 is 11.3 Å². The number of allylic oxidation sites excluding steroid dienone is 1. The molecule has 0 aliphatic carbocycles. The van der Waals surface area contributed by atoms with Crippen LogP contribution in [-0.4, -0.2) is 0 Å².